The van der Waals surface area contributed by atoms with E-state index in [0.717, 1.165) is 11.3 Å². The maximum absolute atomic E-state index is 11.5. The first-order valence-corrected chi connectivity index (χ1v) is 5.97. The fraction of sp³-hybridized carbons (Fsp3) is 0.636. The van der Waals surface area contributed by atoms with Crippen molar-refractivity contribution >= 4 is 17.5 Å². The quantitative estimate of drug-likeness (QED) is 0.808. The van der Waals surface area contributed by atoms with Crippen molar-refractivity contribution in [2.45, 2.75) is 32.7 Å². The molecular weight excluding hydrogens is 242 g/mol. The fourth-order valence-electron chi connectivity index (χ4n) is 1.34. The summed E-state index contributed by atoms with van der Waals surface area (Å²) < 4.78 is 4.82. The molecule has 0 bridgehead atoms. The lowest BCUT2D eigenvalue weighted by atomic mass is 10.1. The zero-order valence-corrected chi connectivity index (χ0v) is 11.1. The van der Waals surface area contributed by atoms with Crippen LogP contribution in [-0.4, -0.2) is 30.7 Å². The number of halogens is 1. The van der Waals surface area contributed by atoms with E-state index in [4.69, 9.17) is 16.1 Å². The Morgan fingerprint density at radius 3 is 2.82 bits per heavy atom. The highest BCUT2D eigenvalue weighted by atomic mass is 35.5. The first-order valence-electron chi connectivity index (χ1n) is 5.59. The predicted octanol–water partition coefficient (Wildman–Crippen LogP) is 1.29. The number of likely N-dealkylation sites (N-methyl/N-ethyl adjacent to an activating group) is 1. The van der Waals surface area contributed by atoms with E-state index in [9.17, 15) is 4.79 Å². The molecule has 0 radical (unpaired) electrons. The van der Waals surface area contributed by atoms with Gasteiger partial charge in [0.25, 0.3) is 0 Å². The number of rotatable bonds is 6. The zero-order chi connectivity index (χ0) is 12.8. The van der Waals surface area contributed by atoms with Crippen molar-refractivity contribution in [3.05, 3.63) is 16.5 Å². The van der Waals surface area contributed by atoms with Crippen LogP contribution >= 0.6 is 11.6 Å². The van der Waals surface area contributed by atoms with Crippen LogP contribution < -0.4 is 10.6 Å². The predicted molar refractivity (Wildman–Crippen MR) is 66.1 cm³/mol. The first kappa shape index (κ1) is 14.0. The topological polar surface area (TPSA) is 67.2 Å². The molecule has 0 spiro atoms. The minimum atomic E-state index is 0.00349. The largest absolute Gasteiger partial charge is 0.355 e. The van der Waals surface area contributed by atoms with Gasteiger partial charge in [-0.25, -0.2) is 0 Å². The van der Waals surface area contributed by atoms with E-state index in [2.05, 4.69) is 15.8 Å². The molecule has 5 nitrogen and oxygen atoms in total. The Labute approximate surface area is 106 Å². The third kappa shape index (κ3) is 4.36. The molecule has 6 heteroatoms. The van der Waals surface area contributed by atoms with Crippen LogP contribution in [0.25, 0.3) is 0 Å². The van der Waals surface area contributed by atoms with Gasteiger partial charge in [-0.2, -0.15) is 0 Å². The number of carbonyl (C=O) groups is 1. The van der Waals surface area contributed by atoms with Crippen LogP contribution in [0.5, 0.6) is 0 Å². The molecule has 1 aromatic heterocycles. The molecule has 1 heterocycles. The van der Waals surface area contributed by atoms with E-state index >= 15 is 0 Å². The van der Waals surface area contributed by atoms with E-state index < -0.39 is 0 Å². The van der Waals surface area contributed by atoms with Crippen LogP contribution in [0.4, 0.5) is 0 Å². The summed E-state index contributed by atoms with van der Waals surface area (Å²) >= 11 is 5.81. The minimum Gasteiger partial charge on any atom is -0.355 e. The van der Waals surface area contributed by atoms with Crippen LogP contribution in [0, 0.1) is 6.92 Å². The number of carbonyl (C=O) groups excluding carboxylic acids is 1. The lowest BCUT2D eigenvalue weighted by Gasteiger charge is -2.11. The van der Waals surface area contributed by atoms with Gasteiger partial charge < -0.3 is 15.2 Å². The average molecular weight is 260 g/mol. The molecule has 17 heavy (non-hydrogen) atoms. The van der Waals surface area contributed by atoms with Gasteiger partial charge in [-0.05, 0) is 38.9 Å². The van der Waals surface area contributed by atoms with Gasteiger partial charge >= 0.3 is 0 Å². The second-order valence-corrected chi connectivity index (χ2v) is 4.36. The van der Waals surface area contributed by atoms with E-state index in [-0.39, 0.29) is 17.2 Å². The van der Waals surface area contributed by atoms with Crippen molar-refractivity contribution in [3.63, 3.8) is 0 Å². The number of nitrogens with zero attached hydrogens (tertiary/aromatic N) is 1. The molecule has 2 N–H and O–H groups in total. The molecule has 0 aliphatic rings. The average Bonchev–Trinajstić information content (AvgIpc) is 2.63. The minimum absolute atomic E-state index is 0.00349. The Morgan fingerprint density at radius 2 is 2.29 bits per heavy atom. The van der Waals surface area contributed by atoms with Crippen molar-refractivity contribution in [3.8, 4) is 0 Å². The number of hydrogen-bond donors (Lipinski definition) is 2. The van der Waals surface area contributed by atoms with Gasteiger partial charge in [-0.15, -0.1) is 0 Å². The smallest absolute Gasteiger partial charge is 0.229 e. The molecule has 1 rings (SSSR count). The number of hydrogen-bond acceptors (Lipinski definition) is 4. The summed E-state index contributed by atoms with van der Waals surface area (Å²) in [4.78, 5) is 11.5. The number of amides is 1. The third-order valence-corrected chi connectivity index (χ3v) is 2.93. The molecule has 0 aliphatic carbocycles. The molecule has 0 aliphatic heterocycles. The van der Waals surface area contributed by atoms with Gasteiger partial charge in [-0.3, -0.25) is 4.79 Å². The number of aryl methyl sites for hydroxylation is 1. The molecule has 96 valence electrons. The fourth-order valence-corrected chi connectivity index (χ4v) is 1.60. The van der Waals surface area contributed by atoms with Gasteiger partial charge in [0, 0.05) is 24.6 Å². The lowest BCUT2D eigenvalue weighted by Crippen LogP contribution is -2.37. The van der Waals surface area contributed by atoms with Crippen LogP contribution in [0.2, 0.25) is 5.22 Å². The van der Waals surface area contributed by atoms with Crippen LogP contribution in [0.1, 0.15) is 24.6 Å². The highest BCUT2D eigenvalue weighted by Gasteiger charge is 2.12. The summed E-state index contributed by atoms with van der Waals surface area (Å²) in [6.45, 7) is 4.43. The summed E-state index contributed by atoms with van der Waals surface area (Å²) in [7, 11) is 1.86. The van der Waals surface area contributed by atoms with Crippen molar-refractivity contribution in [1.29, 1.82) is 0 Å². The highest BCUT2D eigenvalue weighted by Crippen LogP contribution is 2.20. The molecule has 1 atom stereocenters. The van der Waals surface area contributed by atoms with Crippen molar-refractivity contribution in [2.75, 3.05) is 13.6 Å². The van der Waals surface area contributed by atoms with E-state index in [0.29, 0.717) is 19.4 Å². The number of aromatic nitrogens is 1. The van der Waals surface area contributed by atoms with Crippen molar-refractivity contribution in [2.24, 2.45) is 0 Å². The lowest BCUT2D eigenvalue weighted by molar-refractivity contribution is -0.121. The van der Waals surface area contributed by atoms with E-state index in [1.165, 1.54) is 0 Å². The molecule has 0 fully saturated rings. The summed E-state index contributed by atoms with van der Waals surface area (Å²) in [6.07, 6.45) is 0.937. The summed E-state index contributed by atoms with van der Waals surface area (Å²) in [6, 6.07) is 0.264. The SMILES string of the molecule is CNC(C)CNC(=O)CCc1c(C)noc1Cl. The van der Waals surface area contributed by atoms with Crippen molar-refractivity contribution in [1.82, 2.24) is 15.8 Å². The molecule has 0 aromatic carbocycles. The molecule has 0 saturated heterocycles. The maximum atomic E-state index is 11.5. The zero-order valence-electron chi connectivity index (χ0n) is 10.3. The summed E-state index contributed by atoms with van der Waals surface area (Å²) in [5, 5.41) is 9.90. The van der Waals surface area contributed by atoms with Crippen LogP contribution in [0.15, 0.2) is 4.52 Å². The number of nitrogens with one attached hydrogen (secondary N) is 2. The Bertz CT molecular complexity index is 359. The van der Waals surface area contributed by atoms with Gasteiger partial charge in [0.2, 0.25) is 11.1 Å². The summed E-state index contributed by atoms with van der Waals surface area (Å²) in [5.41, 5.74) is 1.55. The Morgan fingerprint density at radius 1 is 1.59 bits per heavy atom. The van der Waals surface area contributed by atoms with Gasteiger partial charge in [0.15, 0.2) is 0 Å². The van der Waals surface area contributed by atoms with Gasteiger partial charge in [0.05, 0.1) is 5.69 Å². The first-order chi connectivity index (χ1) is 8.04. The van der Waals surface area contributed by atoms with Crippen molar-refractivity contribution < 1.29 is 9.32 Å². The van der Waals surface area contributed by atoms with Gasteiger partial charge in [-0.1, -0.05) is 5.16 Å². The molecule has 0 saturated carbocycles. The molecule has 1 aromatic rings. The molecule has 1 unspecified atom stereocenters. The summed E-state index contributed by atoms with van der Waals surface area (Å²) in [5.74, 6) is 0.00349. The monoisotopic (exact) mass is 259 g/mol. The second-order valence-electron chi connectivity index (χ2n) is 4.01. The van der Waals surface area contributed by atoms with Crippen LogP contribution in [-0.2, 0) is 11.2 Å². The van der Waals surface area contributed by atoms with Crippen LogP contribution in [0.3, 0.4) is 0 Å². The normalized spacial score (nSPS) is 12.5. The van der Waals surface area contributed by atoms with E-state index in [1.54, 1.807) is 0 Å². The second kappa shape index (κ2) is 6.61. The third-order valence-electron chi connectivity index (χ3n) is 2.64. The van der Waals surface area contributed by atoms with Gasteiger partial charge in [0.1, 0.15) is 0 Å². The molecule has 1 amide bonds. The molecular formula is C11H18ClN3O2. The Hall–Kier alpha value is -1.07. The Balaban J connectivity index is 2.33. The highest BCUT2D eigenvalue weighted by molar-refractivity contribution is 6.29. The van der Waals surface area contributed by atoms with E-state index in [1.807, 2.05) is 20.9 Å². The Kier molecular flexibility index (Phi) is 5.44. The standard InChI is InChI=1S/C11H18ClN3O2/c1-7(13-3)6-14-10(16)5-4-9-8(2)15-17-11(9)12/h7,13H,4-6H2,1-3H3,(H,14,16). The maximum Gasteiger partial charge on any atom is 0.229 e.